The quantitative estimate of drug-likeness (QED) is 0.689. The molecule has 3 N–H and O–H groups in total. The van der Waals surface area contributed by atoms with Gasteiger partial charge in [-0.2, -0.15) is 0 Å². The van der Waals surface area contributed by atoms with Gasteiger partial charge in [-0.05, 0) is 50.6 Å². The first kappa shape index (κ1) is 16.1. The second-order valence-electron chi connectivity index (χ2n) is 6.59. The van der Waals surface area contributed by atoms with Crippen molar-refractivity contribution in [3.8, 4) is 0 Å². The third-order valence-electron chi connectivity index (χ3n) is 4.85. The number of nitrogens with zero attached hydrogens (tertiary/aromatic N) is 1. The lowest BCUT2D eigenvalue weighted by Gasteiger charge is -2.41. The zero-order chi connectivity index (χ0) is 15.3. The molecule has 0 aromatic heterocycles. The molecule has 6 nitrogen and oxygen atoms in total. The fourth-order valence-corrected chi connectivity index (χ4v) is 3.49. The lowest BCUT2D eigenvalue weighted by molar-refractivity contribution is -0.141. The van der Waals surface area contributed by atoms with Crippen molar-refractivity contribution in [3.63, 3.8) is 0 Å². The van der Waals surface area contributed by atoms with Crippen molar-refractivity contribution in [2.24, 2.45) is 11.3 Å². The molecular weight excluding hydrogens is 270 g/mol. The smallest absolute Gasteiger partial charge is 0.317 e. The van der Waals surface area contributed by atoms with Gasteiger partial charge >= 0.3 is 12.0 Å². The van der Waals surface area contributed by atoms with Crippen LogP contribution in [0, 0.1) is 11.3 Å². The van der Waals surface area contributed by atoms with E-state index in [1.165, 1.54) is 0 Å². The standard InChI is InChI=1S/C15H27N3O3/c1-16-9-12-4-2-7-18(10-12)14(21)17-11-15(5-3-6-15)8-13(19)20/h12,16H,2-11H2,1H3,(H,17,21)(H,19,20). The van der Waals surface area contributed by atoms with Gasteiger partial charge in [-0.1, -0.05) is 6.42 Å². The molecule has 0 bridgehead atoms. The maximum absolute atomic E-state index is 12.3. The summed E-state index contributed by atoms with van der Waals surface area (Å²) in [5, 5.41) is 15.1. The number of aliphatic carboxylic acids is 1. The number of carbonyl (C=O) groups excluding carboxylic acids is 1. The normalized spacial score (nSPS) is 24.2. The van der Waals surface area contributed by atoms with Gasteiger partial charge in [0.2, 0.25) is 0 Å². The Labute approximate surface area is 126 Å². The van der Waals surface area contributed by atoms with Gasteiger partial charge in [-0.15, -0.1) is 0 Å². The van der Waals surface area contributed by atoms with Crippen LogP contribution in [-0.2, 0) is 4.79 Å². The van der Waals surface area contributed by atoms with Crippen LogP contribution in [0.15, 0.2) is 0 Å². The minimum Gasteiger partial charge on any atom is -0.481 e. The minimum atomic E-state index is -0.768. The van der Waals surface area contributed by atoms with Crippen LogP contribution in [0.3, 0.4) is 0 Å². The highest BCUT2D eigenvalue weighted by atomic mass is 16.4. The first-order chi connectivity index (χ1) is 10.0. The lowest BCUT2D eigenvalue weighted by atomic mass is 9.66. The second-order valence-corrected chi connectivity index (χ2v) is 6.59. The predicted molar refractivity (Wildman–Crippen MR) is 80.2 cm³/mol. The molecule has 2 rings (SSSR count). The van der Waals surface area contributed by atoms with Crippen molar-refractivity contribution >= 4 is 12.0 Å². The highest BCUT2D eigenvalue weighted by Gasteiger charge is 2.39. The largest absolute Gasteiger partial charge is 0.481 e. The first-order valence-corrected chi connectivity index (χ1v) is 7.94. The average Bonchev–Trinajstić information content (AvgIpc) is 2.41. The fourth-order valence-electron chi connectivity index (χ4n) is 3.49. The Bertz CT molecular complexity index is 380. The number of carbonyl (C=O) groups is 2. The molecule has 120 valence electrons. The number of hydrogen-bond donors (Lipinski definition) is 3. The number of urea groups is 1. The highest BCUT2D eigenvalue weighted by molar-refractivity contribution is 5.74. The summed E-state index contributed by atoms with van der Waals surface area (Å²) in [5.74, 6) is -0.248. The number of nitrogens with one attached hydrogen (secondary N) is 2. The van der Waals surface area contributed by atoms with Crippen molar-refractivity contribution in [1.29, 1.82) is 0 Å². The van der Waals surface area contributed by atoms with Crippen LogP contribution >= 0.6 is 0 Å². The number of rotatable bonds is 6. The molecule has 0 spiro atoms. The summed E-state index contributed by atoms with van der Waals surface area (Å²) in [6.45, 7) is 3.02. The summed E-state index contributed by atoms with van der Waals surface area (Å²) in [5.41, 5.74) is -0.207. The maximum atomic E-state index is 12.3. The van der Waals surface area contributed by atoms with Gasteiger partial charge in [0.1, 0.15) is 0 Å². The Kier molecular flexibility index (Phi) is 5.45. The van der Waals surface area contributed by atoms with E-state index in [4.69, 9.17) is 5.11 Å². The third kappa shape index (κ3) is 4.33. The van der Waals surface area contributed by atoms with Gasteiger partial charge in [0.25, 0.3) is 0 Å². The molecule has 1 saturated heterocycles. The number of carboxylic acids is 1. The lowest BCUT2D eigenvalue weighted by Crippen LogP contribution is -2.51. The Balaban J connectivity index is 1.79. The van der Waals surface area contributed by atoms with Gasteiger partial charge in [0, 0.05) is 19.6 Å². The molecule has 1 saturated carbocycles. The molecule has 0 aromatic rings. The van der Waals surface area contributed by atoms with Crippen molar-refractivity contribution in [2.45, 2.75) is 38.5 Å². The van der Waals surface area contributed by atoms with E-state index in [0.717, 1.165) is 51.7 Å². The summed E-state index contributed by atoms with van der Waals surface area (Å²) in [7, 11) is 1.94. The van der Waals surface area contributed by atoms with E-state index < -0.39 is 5.97 Å². The van der Waals surface area contributed by atoms with Gasteiger partial charge in [0.05, 0.1) is 6.42 Å². The predicted octanol–water partition coefficient (Wildman–Crippen LogP) is 1.27. The molecule has 6 heteroatoms. The Morgan fingerprint density at radius 2 is 2.10 bits per heavy atom. The highest BCUT2D eigenvalue weighted by Crippen LogP contribution is 2.43. The van der Waals surface area contributed by atoms with E-state index in [1.807, 2.05) is 11.9 Å². The van der Waals surface area contributed by atoms with E-state index in [-0.39, 0.29) is 17.9 Å². The summed E-state index contributed by atoms with van der Waals surface area (Å²) in [6, 6.07) is -0.0348. The molecule has 2 aliphatic rings. The van der Waals surface area contributed by atoms with Crippen LogP contribution < -0.4 is 10.6 Å². The number of piperidine rings is 1. The molecule has 1 unspecified atom stereocenters. The zero-order valence-corrected chi connectivity index (χ0v) is 12.9. The van der Waals surface area contributed by atoms with Crippen LogP contribution in [0.4, 0.5) is 4.79 Å². The van der Waals surface area contributed by atoms with Gasteiger partial charge in [-0.3, -0.25) is 4.79 Å². The van der Waals surface area contributed by atoms with Crippen LogP contribution in [0.5, 0.6) is 0 Å². The zero-order valence-electron chi connectivity index (χ0n) is 12.9. The van der Waals surface area contributed by atoms with Gasteiger partial charge in [-0.25, -0.2) is 4.79 Å². The van der Waals surface area contributed by atoms with E-state index in [9.17, 15) is 9.59 Å². The summed E-state index contributed by atoms with van der Waals surface area (Å²) in [4.78, 5) is 25.1. The average molecular weight is 297 g/mol. The SMILES string of the molecule is CNCC1CCCN(C(=O)NCC2(CC(=O)O)CCC2)C1. The number of likely N-dealkylation sites (tertiary alicyclic amines) is 1. The van der Waals surface area contributed by atoms with Crippen molar-refractivity contribution in [2.75, 3.05) is 33.2 Å². The maximum Gasteiger partial charge on any atom is 0.317 e. The van der Waals surface area contributed by atoms with Gasteiger partial charge in [0.15, 0.2) is 0 Å². The van der Waals surface area contributed by atoms with Crippen LogP contribution in [0.25, 0.3) is 0 Å². The Hall–Kier alpha value is -1.30. The monoisotopic (exact) mass is 297 g/mol. The van der Waals surface area contributed by atoms with Crippen LogP contribution in [0.2, 0.25) is 0 Å². The van der Waals surface area contributed by atoms with Crippen LogP contribution in [-0.4, -0.2) is 55.2 Å². The third-order valence-corrected chi connectivity index (χ3v) is 4.85. The van der Waals surface area contributed by atoms with Crippen molar-refractivity contribution in [3.05, 3.63) is 0 Å². The van der Waals surface area contributed by atoms with E-state index in [2.05, 4.69) is 10.6 Å². The first-order valence-electron chi connectivity index (χ1n) is 7.94. The molecule has 2 amide bonds. The minimum absolute atomic E-state index is 0.0348. The molecule has 21 heavy (non-hydrogen) atoms. The van der Waals surface area contributed by atoms with Gasteiger partial charge < -0.3 is 20.6 Å². The molecule has 1 heterocycles. The van der Waals surface area contributed by atoms with E-state index >= 15 is 0 Å². The fraction of sp³-hybridized carbons (Fsp3) is 0.867. The number of hydrogen-bond acceptors (Lipinski definition) is 3. The molecular formula is C15H27N3O3. The summed E-state index contributed by atoms with van der Waals surface area (Å²) < 4.78 is 0. The topological polar surface area (TPSA) is 81.7 Å². The molecule has 0 radical (unpaired) electrons. The molecule has 0 aromatic carbocycles. The molecule has 2 fully saturated rings. The van der Waals surface area contributed by atoms with E-state index in [0.29, 0.717) is 12.5 Å². The van der Waals surface area contributed by atoms with Crippen molar-refractivity contribution in [1.82, 2.24) is 15.5 Å². The second kappa shape index (κ2) is 7.11. The summed E-state index contributed by atoms with van der Waals surface area (Å²) >= 11 is 0. The molecule has 1 aliphatic heterocycles. The van der Waals surface area contributed by atoms with Crippen molar-refractivity contribution < 1.29 is 14.7 Å². The van der Waals surface area contributed by atoms with E-state index in [1.54, 1.807) is 0 Å². The summed E-state index contributed by atoms with van der Waals surface area (Å²) in [6.07, 6.45) is 5.24. The van der Waals surface area contributed by atoms with Crippen LogP contribution in [0.1, 0.15) is 38.5 Å². The number of carboxylic acid groups (broad SMARTS) is 1. The molecule has 1 atom stereocenters. The molecule has 1 aliphatic carbocycles. The Morgan fingerprint density at radius 1 is 1.33 bits per heavy atom. The Morgan fingerprint density at radius 3 is 2.67 bits per heavy atom. The number of amides is 2.